The minimum Gasteiger partial charge on any atom is -0.358 e. The van der Waals surface area contributed by atoms with Crippen LogP contribution in [0.5, 0.6) is 0 Å². The Kier molecular flexibility index (Phi) is 8.35. The van der Waals surface area contributed by atoms with E-state index in [9.17, 15) is 0 Å². The molecule has 0 radical (unpaired) electrons. The summed E-state index contributed by atoms with van der Waals surface area (Å²) in [5.41, 5.74) is 2.89. The number of rotatable bonds is 7. The van der Waals surface area contributed by atoms with Crippen LogP contribution in [0.2, 0.25) is 0 Å². The van der Waals surface area contributed by atoms with Gasteiger partial charge < -0.3 is 7.43 Å². The van der Waals surface area contributed by atoms with E-state index in [1.54, 1.807) is 0 Å². The molecule has 0 aliphatic heterocycles. The van der Waals surface area contributed by atoms with E-state index in [4.69, 9.17) is 15.0 Å². The molecular weight excluding hydrogens is 551 g/mol. The Hall–Kier alpha value is -5.45. The van der Waals surface area contributed by atoms with E-state index in [0.717, 1.165) is 16.7 Å². The molecule has 4 heteroatoms. The summed E-state index contributed by atoms with van der Waals surface area (Å²) in [6.45, 7) is 0. The molecule has 0 fully saturated rings. The van der Waals surface area contributed by atoms with E-state index in [-0.39, 0.29) is 7.43 Å². The van der Waals surface area contributed by atoms with Crippen molar-refractivity contribution < 1.29 is 0 Å². The van der Waals surface area contributed by atoms with Crippen molar-refractivity contribution in [1.29, 1.82) is 0 Å². The van der Waals surface area contributed by atoms with Gasteiger partial charge in [0, 0.05) is 16.7 Å². The zero-order valence-corrected chi connectivity index (χ0v) is 25.6. The van der Waals surface area contributed by atoms with Gasteiger partial charge in [0.2, 0.25) is 0 Å². The lowest BCUT2D eigenvalue weighted by Crippen LogP contribution is -2.74. The van der Waals surface area contributed by atoms with E-state index < -0.39 is 8.07 Å². The second-order valence-corrected chi connectivity index (χ2v) is 14.3. The molecule has 0 aliphatic rings. The van der Waals surface area contributed by atoms with Gasteiger partial charge in [-0.1, -0.05) is 176 Å². The van der Waals surface area contributed by atoms with E-state index >= 15 is 0 Å². The molecule has 0 unspecified atom stereocenters. The predicted molar refractivity (Wildman–Crippen MR) is 186 cm³/mol. The van der Waals surface area contributed by atoms with Gasteiger partial charge in [0.25, 0.3) is 0 Å². The Balaban J connectivity index is 0.00000343. The van der Waals surface area contributed by atoms with Crippen LogP contribution < -0.4 is 20.7 Å². The average molecular weight is 583 g/mol. The fourth-order valence-electron chi connectivity index (χ4n) is 5.89. The lowest BCUT2D eigenvalue weighted by atomic mass is 10.1. The molecule has 0 aliphatic carbocycles. The number of hydrogen-bond donors (Lipinski definition) is 0. The van der Waals surface area contributed by atoms with Gasteiger partial charge in [-0.15, -0.1) is 0 Å². The molecule has 7 rings (SSSR count). The Bertz CT molecular complexity index is 1790. The van der Waals surface area contributed by atoms with Gasteiger partial charge in [0.05, 0.1) is 0 Å². The monoisotopic (exact) mass is 582 g/mol. The summed E-state index contributed by atoms with van der Waals surface area (Å²) in [7, 11) is -2.69. The zero-order valence-electron chi connectivity index (χ0n) is 24.6. The van der Waals surface area contributed by atoms with Crippen molar-refractivity contribution in [2.45, 2.75) is 0 Å². The van der Waals surface area contributed by atoms with Crippen LogP contribution in [0.25, 0.3) is 34.2 Å². The molecular formula is C40H32N3Si-. The molecule has 3 nitrogen and oxygen atoms in total. The molecule has 0 amide bonds. The quantitative estimate of drug-likeness (QED) is 0.119. The highest BCUT2D eigenvalue weighted by molar-refractivity contribution is 7.19. The number of aromatic nitrogens is 3. The van der Waals surface area contributed by atoms with Crippen LogP contribution in [-0.4, -0.2) is 23.0 Å². The molecule has 1 heterocycles. The van der Waals surface area contributed by atoms with Gasteiger partial charge in [0.1, 0.15) is 0 Å². The molecule has 0 atom stereocenters. The van der Waals surface area contributed by atoms with Gasteiger partial charge in [-0.05, 0) is 20.7 Å². The van der Waals surface area contributed by atoms with Crippen LogP contribution in [0.4, 0.5) is 0 Å². The lowest BCUT2D eigenvalue weighted by Gasteiger charge is -2.34. The first-order valence-corrected chi connectivity index (χ1v) is 16.5. The third-order valence-corrected chi connectivity index (χ3v) is 12.6. The summed E-state index contributed by atoms with van der Waals surface area (Å²) in [5, 5.41) is 5.26. The number of nitrogens with zero attached hydrogens (tertiary/aromatic N) is 3. The third-order valence-electron chi connectivity index (χ3n) is 7.87. The van der Waals surface area contributed by atoms with Gasteiger partial charge in [-0.3, -0.25) is 0 Å². The highest BCUT2D eigenvalue weighted by Gasteiger charge is 2.41. The standard InChI is InChI=1S/C39H29N3Si.CH3/c1-6-17-30(18-7-1)37-40-38(31-19-8-2-9-20-31)42-39(41-37)32-21-16-28-36(29-32)43(33-22-10-3-11-23-33,34-24-12-4-13-25-34)35-26-14-5-15-27-35;/h1-29H;1H3/q;-1. The predicted octanol–water partition coefficient (Wildman–Crippen LogP) is 6.70. The molecule has 0 spiro atoms. The Morgan fingerprint density at radius 3 is 0.977 bits per heavy atom. The smallest absolute Gasteiger partial charge is 0.179 e. The molecule has 44 heavy (non-hydrogen) atoms. The summed E-state index contributed by atoms with van der Waals surface area (Å²) in [5.74, 6) is 1.98. The minimum absolute atomic E-state index is 0. The van der Waals surface area contributed by atoms with Gasteiger partial charge in [-0.2, -0.15) is 0 Å². The van der Waals surface area contributed by atoms with Crippen LogP contribution in [0.3, 0.4) is 0 Å². The largest absolute Gasteiger partial charge is 0.358 e. The second-order valence-electron chi connectivity index (χ2n) is 10.5. The van der Waals surface area contributed by atoms with Gasteiger partial charge in [0.15, 0.2) is 25.5 Å². The van der Waals surface area contributed by atoms with Crippen LogP contribution >= 0.6 is 0 Å². The topological polar surface area (TPSA) is 38.7 Å². The lowest BCUT2D eigenvalue weighted by molar-refractivity contribution is 1.07. The van der Waals surface area contributed by atoms with Crippen molar-refractivity contribution >= 4 is 28.8 Å². The summed E-state index contributed by atoms with van der Waals surface area (Å²) in [6, 6.07) is 62.0. The minimum atomic E-state index is -2.69. The molecule has 7 aromatic rings. The van der Waals surface area contributed by atoms with Gasteiger partial charge in [-0.25, -0.2) is 15.0 Å². The van der Waals surface area contributed by atoms with Crippen LogP contribution in [0.1, 0.15) is 0 Å². The fraction of sp³-hybridized carbons (Fsp3) is 0. The first-order chi connectivity index (χ1) is 21.3. The van der Waals surface area contributed by atoms with Crippen LogP contribution in [-0.2, 0) is 0 Å². The zero-order chi connectivity index (χ0) is 28.9. The molecule has 0 bridgehead atoms. The van der Waals surface area contributed by atoms with E-state index in [0.29, 0.717) is 17.5 Å². The second kappa shape index (κ2) is 12.8. The van der Waals surface area contributed by atoms with Crippen molar-refractivity contribution in [2.24, 2.45) is 0 Å². The maximum Gasteiger partial charge on any atom is 0.179 e. The van der Waals surface area contributed by atoms with Crippen LogP contribution in [0.15, 0.2) is 176 Å². The normalized spacial score (nSPS) is 11.0. The maximum absolute atomic E-state index is 5.03. The average Bonchev–Trinajstić information content (AvgIpc) is 3.11. The van der Waals surface area contributed by atoms with E-state index in [1.807, 2.05) is 60.7 Å². The Morgan fingerprint density at radius 1 is 0.295 bits per heavy atom. The van der Waals surface area contributed by atoms with Crippen LogP contribution in [0, 0.1) is 7.43 Å². The molecule has 0 saturated heterocycles. The Morgan fingerprint density at radius 2 is 0.591 bits per heavy atom. The molecule has 0 saturated carbocycles. The summed E-state index contributed by atoms with van der Waals surface area (Å²) < 4.78 is 0. The third kappa shape index (κ3) is 5.39. The molecule has 1 aromatic heterocycles. The van der Waals surface area contributed by atoms with Crippen molar-refractivity contribution in [2.75, 3.05) is 0 Å². The number of benzene rings is 6. The van der Waals surface area contributed by atoms with Gasteiger partial charge >= 0.3 is 0 Å². The highest BCUT2D eigenvalue weighted by atomic mass is 28.3. The first kappa shape index (κ1) is 28.7. The Labute approximate surface area is 260 Å². The van der Waals surface area contributed by atoms with Crippen molar-refractivity contribution in [1.82, 2.24) is 15.0 Å². The molecule has 212 valence electrons. The first-order valence-electron chi connectivity index (χ1n) is 14.5. The molecule has 0 N–H and O–H groups in total. The highest BCUT2D eigenvalue weighted by Crippen LogP contribution is 2.24. The maximum atomic E-state index is 5.03. The van der Waals surface area contributed by atoms with Crippen molar-refractivity contribution in [3.05, 3.63) is 183 Å². The van der Waals surface area contributed by atoms with E-state index in [1.165, 1.54) is 20.7 Å². The summed E-state index contributed by atoms with van der Waals surface area (Å²) >= 11 is 0. The SMILES string of the molecule is [CH3-].c1ccc(-c2nc(-c3ccccc3)nc(-c3cccc([Si](c4ccccc4)(c4ccccc4)c4ccccc4)c3)n2)cc1. The summed E-state index contributed by atoms with van der Waals surface area (Å²) in [4.78, 5) is 15.0. The number of hydrogen-bond acceptors (Lipinski definition) is 3. The molecule has 6 aromatic carbocycles. The fourth-order valence-corrected chi connectivity index (χ4v) is 10.7. The van der Waals surface area contributed by atoms with E-state index in [2.05, 4.69) is 115 Å². The van der Waals surface area contributed by atoms with Crippen molar-refractivity contribution in [3.8, 4) is 34.2 Å². The van der Waals surface area contributed by atoms with Crippen molar-refractivity contribution in [3.63, 3.8) is 0 Å². The summed E-state index contributed by atoms with van der Waals surface area (Å²) in [6.07, 6.45) is 0.